The van der Waals surface area contributed by atoms with Crippen LogP contribution in [0.5, 0.6) is 0 Å². The monoisotopic (exact) mass is 539 g/mol. The van der Waals surface area contributed by atoms with Gasteiger partial charge in [-0.15, -0.1) is 24.0 Å². The maximum Gasteiger partial charge on any atom is 0.246 e. The summed E-state index contributed by atoms with van der Waals surface area (Å²) in [5.41, 5.74) is 2.14. The molecule has 1 fully saturated rings. The molecule has 0 bridgehead atoms. The van der Waals surface area contributed by atoms with Crippen molar-refractivity contribution in [2.24, 2.45) is 12.0 Å². The number of halogens is 1. The summed E-state index contributed by atoms with van der Waals surface area (Å²) in [6.07, 6.45) is 3.61. The summed E-state index contributed by atoms with van der Waals surface area (Å²) in [5.74, 6) is 0.866. The Kier molecular flexibility index (Phi) is 9.76. The Bertz CT molecular complexity index is 855. The molecule has 1 N–H and O–H groups in total. The zero-order chi connectivity index (χ0) is 21.5. The molecule has 1 aromatic heterocycles. The summed E-state index contributed by atoms with van der Waals surface area (Å²) >= 11 is 0. The van der Waals surface area contributed by atoms with Crippen molar-refractivity contribution in [3.8, 4) is 0 Å². The average Bonchev–Trinajstić information content (AvgIpc) is 3.17. The average molecular weight is 539 g/mol. The predicted octanol–water partition coefficient (Wildman–Crippen LogP) is 2.17. The number of aryl methyl sites for hydroxylation is 1. The van der Waals surface area contributed by atoms with Crippen molar-refractivity contribution in [1.29, 1.82) is 0 Å². The molecule has 1 aromatic carbocycles. The van der Waals surface area contributed by atoms with Crippen LogP contribution in [-0.4, -0.2) is 77.3 Å². The van der Waals surface area contributed by atoms with Crippen LogP contribution in [0, 0.1) is 0 Å². The van der Waals surface area contributed by atoms with Gasteiger partial charge in [-0.3, -0.25) is 19.4 Å². The Morgan fingerprint density at radius 3 is 2.65 bits per heavy atom. The Balaban J connectivity index is 0.00000341. The SMILES string of the molecule is CCNC(=NCC(C)N(C)Cc1ccccc1)N1CCN(c2cnn(C)c2)C(=O)C1.I. The lowest BCUT2D eigenvalue weighted by molar-refractivity contribution is -0.120. The van der Waals surface area contributed by atoms with Gasteiger partial charge in [0.15, 0.2) is 5.96 Å². The van der Waals surface area contributed by atoms with E-state index >= 15 is 0 Å². The Morgan fingerprint density at radius 2 is 2.03 bits per heavy atom. The highest BCUT2D eigenvalue weighted by molar-refractivity contribution is 14.0. The Morgan fingerprint density at radius 1 is 1.29 bits per heavy atom. The predicted molar refractivity (Wildman–Crippen MR) is 136 cm³/mol. The van der Waals surface area contributed by atoms with Crippen LogP contribution in [-0.2, 0) is 18.4 Å². The number of hydrogen-bond donors (Lipinski definition) is 1. The molecule has 0 aliphatic carbocycles. The Labute approximate surface area is 202 Å². The van der Waals surface area contributed by atoms with Crippen LogP contribution in [0.1, 0.15) is 19.4 Å². The van der Waals surface area contributed by atoms with Crippen molar-refractivity contribution in [2.75, 3.05) is 44.7 Å². The van der Waals surface area contributed by atoms with Crippen LogP contribution in [0.3, 0.4) is 0 Å². The highest BCUT2D eigenvalue weighted by Gasteiger charge is 2.27. The minimum absolute atomic E-state index is 0. The van der Waals surface area contributed by atoms with Gasteiger partial charge >= 0.3 is 0 Å². The van der Waals surface area contributed by atoms with Gasteiger partial charge in [0.1, 0.15) is 6.54 Å². The molecule has 0 radical (unpaired) electrons. The van der Waals surface area contributed by atoms with E-state index in [-0.39, 0.29) is 35.9 Å². The fraction of sp³-hybridized carbons (Fsp3) is 0.500. The topological polar surface area (TPSA) is 69.0 Å². The number of guanidine groups is 1. The second kappa shape index (κ2) is 12.0. The molecule has 3 rings (SSSR count). The second-order valence-electron chi connectivity index (χ2n) is 7.78. The normalized spacial score (nSPS) is 15.8. The molecule has 0 spiro atoms. The van der Waals surface area contributed by atoms with E-state index in [2.05, 4.69) is 53.6 Å². The molecule has 1 atom stereocenters. The van der Waals surface area contributed by atoms with Crippen LogP contribution < -0.4 is 10.2 Å². The summed E-state index contributed by atoms with van der Waals surface area (Å²) in [5, 5.41) is 7.52. The van der Waals surface area contributed by atoms with E-state index in [9.17, 15) is 4.79 Å². The van der Waals surface area contributed by atoms with Crippen molar-refractivity contribution in [3.05, 3.63) is 48.3 Å². The first-order valence-electron chi connectivity index (χ1n) is 10.5. The number of carbonyl (C=O) groups excluding carboxylic acids is 1. The lowest BCUT2D eigenvalue weighted by atomic mass is 10.2. The summed E-state index contributed by atoms with van der Waals surface area (Å²) in [7, 11) is 3.98. The number of nitrogens with zero attached hydrogens (tertiary/aromatic N) is 6. The molecular formula is C22H34IN7O. The van der Waals surface area contributed by atoms with Gasteiger partial charge in [-0.25, -0.2) is 0 Å². The number of piperazine rings is 1. The van der Waals surface area contributed by atoms with Gasteiger partial charge in [0.2, 0.25) is 5.91 Å². The summed E-state index contributed by atoms with van der Waals surface area (Å²) in [6, 6.07) is 10.7. The van der Waals surface area contributed by atoms with Crippen molar-refractivity contribution in [3.63, 3.8) is 0 Å². The fourth-order valence-corrected chi connectivity index (χ4v) is 3.49. The van der Waals surface area contributed by atoms with E-state index in [4.69, 9.17) is 4.99 Å². The third-order valence-corrected chi connectivity index (χ3v) is 5.39. The number of aliphatic imine (C=N–C) groups is 1. The molecule has 1 amide bonds. The van der Waals surface area contributed by atoms with Crippen LogP contribution >= 0.6 is 24.0 Å². The van der Waals surface area contributed by atoms with Crippen LogP contribution in [0.15, 0.2) is 47.7 Å². The number of amides is 1. The van der Waals surface area contributed by atoms with Crippen molar-refractivity contribution >= 4 is 41.5 Å². The number of carbonyl (C=O) groups is 1. The number of benzene rings is 1. The second-order valence-corrected chi connectivity index (χ2v) is 7.78. The summed E-state index contributed by atoms with van der Waals surface area (Å²) in [4.78, 5) is 23.7. The molecule has 31 heavy (non-hydrogen) atoms. The molecule has 1 aliphatic rings. The van der Waals surface area contributed by atoms with Crippen molar-refractivity contribution < 1.29 is 4.79 Å². The number of rotatable bonds is 7. The molecular weight excluding hydrogens is 505 g/mol. The minimum Gasteiger partial charge on any atom is -0.357 e. The minimum atomic E-state index is 0. The molecule has 1 saturated heterocycles. The van der Waals surface area contributed by atoms with Crippen molar-refractivity contribution in [1.82, 2.24) is 24.9 Å². The molecule has 170 valence electrons. The van der Waals surface area contributed by atoms with Gasteiger partial charge in [0, 0.05) is 45.5 Å². The van der Waals surface area contributed by atoms with E-state index < -0.39 is 0 Å². The van der Waals surface area contributed by atoms with Gasteiger partial charge in [0.05, 0.1) is 18.4 Å². The third-order valence-electron chi connectivity index (χ3n) is 5.39. The van der Waals surface area contributed by atoms with Crippen LogP contribution in [0.25, 0.3) is 0 Å². The molecule has 2 heterocycles. The van der Waals surface area contributed by atoms with Gasteiger partial charge in [0.25, 0.3) is 0 Å². The lowest BCUT2D eigenvalue weighted by Gasteiger charge is -2.35. The molecule has 2 aromatic rings. The molecule has 1 aliphatic heterocycles. The lowest BCUT2D eigenvalue weighted by Crippen LogP contribution is -2.55. The number of anilines is 1. The molecule has 9 heteroatoms. The van der Waals surface area contributed by atoms with Crippen LogP contribution in [0.2, 0.25) is 0 Å². The quantitative estimate of drug-likeness (QED) is 0.332. The number of likely N-dealkylation sites (N-methyl/N-ethyl adjacent to an activating group) is 1. The maximum atomic E-state index is 12.7. The van der Waals surface area contributed by atoms with Gasteiger partial charge in [-0.2, -0.15) is 5.10 Å². The third kappa shape index (κ3) is 6.93. The fourth-order valence-electron chi connectivity index (χ4n) is 3.49. The largest absolute Gasteiger partial charge is 0.357 e. The van der Waals surface area contributed by atoms with E-state index in [1.54, 1.807) is 15.8 Å². The summed E-state index contributed by atoms with van der Waals surface area (Å²) in [6.45, 7) is 8.23. The van der Waals surface area contributed by atoms with E-state index in [0.29, 0.717) is 19.6 Å². The smallest absolute Gasteiger partial charge is 0.246 e. The molecule has 1 unspecified atom stereocenters. The Hall–Kier alpha value is -2.14. The number of hydrogen-bond acceptors (Lipinski definition) is 4. The highest BCUT2D eigenvalue weighted by atomic mass is 127. The number of nitrogens with one attached hydrogen (secondary N) is 1. The van der Waals surface area contributed by atoms with Gasteiger partial charge in [-0.05, 0) is 26.5 Å². The van der Waals surface area contributed by atoms with Gasteiger partial charge < -0.3 is 15.1 Å². The van der Waals surface area contributed by atoms with Crippen molar-refractivity contribution in [2.45, 2.75) is 26.4 Å². The maximum absolute atomic E-state index is 12.7. The van der Waals surface area contributed by atoms with E-state index in [1.165, 1.54) is 5.56 Å². The standard InChI is InChI=1S/C22H33N7O.HI/c1-5-23-22(24-13-18(2)26(3)15-19-9-7-6-8-10-19)28-11-12-29(21(30)17-28)20-14-25-27(4)16-20;/h6-10,14,16,18H,5,11-13,15,17H2,1-4H3,(H,23,24);1H. The highest BCUT2D eigenvalue weighted by Crippen LogP contribution is 2.16. The summed E-state index contributed by atoms with van der Waals surface area (Å²) < 4.78 is 1.72. The first kappa shape index (κ1) is 25.1. The van der Waals surface area contributed by atoms with Crippen LogP contribution in [0.4, 0.5) is 5.69 Å². The first-order chi connectivity index (χ1) is 14.5. The molecule has 8 nitrogen and oxygen atoms in total. The van der Waals surface area contributed by atoms with Gasteiger partial charge in [-0.1, -0.05) is 30.3 Å². The first-order valence-corrected chi connectivity index (χ1v) is 10.5. The zero-order valence-corrected chi connectivity index (χ0v) is 21.2. The zero-order valence-electron chi connectivity index (χ0n) is 18.9. The molecule has 0 saturated carbocycles. The number of aromatic nitrogens is 2. The van der Waals surface area contributed by atoms with E-state index in [1.807, 2.05) is 31.1 Å². The van der Waals surface area contributed by atoms with E-state index in [0.717, 1.165) is 31.3 Å².